The van der Waals surface area contributed by atoms with Crippen molar-refractivity contribution in [2.75, 3.05) is 11.9 Å². The van der Waals surface area contributed by atoms with E-state index < -0.39 is 15.9 Å². The topological polar surface area (TPSA) is 111 Å². The first-order chi connectivity index (χ1) is 13.1. The number of rotatable bonds is 6. The van der Waals surface area contributed by atoms with Gasteiger partial charge in [-0.15, -0.1) is 0 Å². The second kappa shape index (κ2) is 9.46. The Morgan fingerprint density at radius 1 is 1.21 bits per heavy atom. The average molecular weight is 486 g/mol. The van der Waals surface area contributed by atoms with Gasteiger partial charge in [0.1, 0.15) is 5.75 Å². The van der Waals surface area contributed by atoms with Gasteiger partial charge in [-0.25, -0.2) is 13.6 Å². The molecule has 2 aromatic carbocycles. The molecule has 0 spiro atoms. The minimum absolute atomic E-state index is 0.0194. The second-order valence-electron chi connectivity index (χ2n) is 6.32. The zero-order valence-electron chi connectivity index (χ0n) is 15.2. The van der Waals surface area contributed by atoms with E-state index in [4.69, 9.17) is 22.1 Å². The molecule has 0 aliphatic carbocycles. The van der Waals surface area contributed by atoms with Gasteiger partial charge in [0.25, 0.3) is 5.91 Å². The molecule has 0 aliphatic rings. The van der Waals surface area contributed by atoms with Crippen molar-refractivity contribution in [3.05, 3.63) is 52.5 Å². The van der Waals surface area contributed by atoms with E-state index in [1.165, 1.54) is 24.3 Å². The van der Waals surface area contributed by atoms with Crippen LogP contribution in [0.15, 0.2) is 51.8 Å². The number of benzene rings is 2. The van der Waals surface area contributed by atoms with Gasteiger partial charge in [-0.3, -0.25) is 10.1 Å². The zero-order valence-corrected chi connectivity index (χ0v) is 18.4. The number of carbonyl (C=O) groups is 1. The highest BCUT2D eigenvalue weighted by molar-refractivity contribution is 9.10. The molecule has 0 atom stereocenters. The number of nitrogens with two attached hydrogens (primary N) is 1. The van der Waals surface area contributed by atoms with E-state index in [-0.39, 0.29) is 10.0 Å². The number of carbonyl (C=O) groups excluding carboxylic acids is 1. The molecule has 0 saturated heterocycles. The highest BCUT2D eigenvalue weighted by Gasteiger charge is 2.15. The van der Waals surface area contributed by atoms with Crippen LogP contribution in [0.3, 0.4) is 0 Å². The van der Waals surface area contributed by atoms with E-state index in [1.807, 2.05) is 13.8 Å². The number of nitrogens with one attached hydrogen (secondary N) is 2. The largest absolute Gasteiger partial charge is 0.492 e. The fourth-order valence-corrected chi connectivity index (χ4v) is 3.21. The zero-order chi connectivity index (χ0) is 20.9. The van der Waals surface area contributed by atoms with Crippen LogP contribution in [0.4, 0.5) is 5.69 Å². The maximum Gasteiger partial charge on any atom is 0.261 e. The van der Waals surface area contributed by atoms with Gasteiger partial charge in [-0.1, -0.05) is 29.8 Å². The van der Waals surface area contributed by atoms with Crippen molar-refractivity contribution in [1.82, 2.24) is 5.32 Å². The molecular weight excluding hydrogens is 466 g/mol. The molecule has 0 aromatic heterocycles. The Morgan fingerprint density at radius 2 is 1.86 bits per heavy atom. The summed E-state index contributed by atoms with van der Waals surface area (Å²) >= 11 is 8.51. The summed E-state index contributed by atoms with van der Waals surface area (Å²) in [6.07, 6.45) is 0. The van der Waals surface area contributed by atoms with Gasteiger partial charge in [-0.2, -0.15) is 0 Å². The van der Waals surface area contributed by atoms with Crippen molar-refractivity contribution >= 4 is 54.9 Å². The first-order valence-electron chi connectivity index (χ1n) is 8.24. The van der Waals surface area contributed by atoms with Crippen LogP contribution in [0.5, 0.6) is 5.75 Å². The van der Waals surface area contributed by atoms with Gasteiger partial charge in [0.05, 0.1) is 17.1 Å². The fraction of sp³-hybridized carbons (Fsp3) is 0.222. The van der Waals surface area contributed by atoms with Gasteiger partial charge in [0.2, 0.25) is 10.0 Å². The number of hydrogen-bond acceptors (Lipinski definition) is 5. The van der Waals surface area contributed by atoms with Gasteiger partial charge < -0.3 is 10.1 Å². The van der Waals surface area contributed by atoms with Crippen molar-refractivity contribution in [3.63, 3.8) is 0 Å². The lowest BCUT2D eigenvalue weighted by Gasteiger charge is -2.14. The molecule has 0 aliphatic heterocycles. The maximum absolute atomic E-state index is 12.6. The Balaban J connectivity index is 2.08. The lowest BCUT2D eigenvalue weighted by Crippen LogP contribution is -2.34. The van der Waals surface area contributed by atoms with Crippen molar-refractivity contribution in [2.45, 2.75) is 18.7 Å². The predicted octanol–water partition coefficient (Wildman–Crippen LogP) is 3.26. The number of anilines is 1. The molecule has 28 heavy (non-hydrogen) atoms. The summed E-state index contributed by atoms with van der Waals surface area (Å²) in [5.41, 5.74) is 0.840. The SMILES string of the molecule is CC(C)COc1ccc(Br)cc1C(=O)NC(=S)Nc1ccc(S(N)(=O)=O)cc1. The Hall–Kier alpha value is -2.01. The Labute approximate surface area is 177 Å². The van der Waals surface area contributed by atoms with E-state index in [1.54, 1.807) is 18.2 Å². The highest BCUT2D eigenvalue weighted by Crippen LogP contribution is 2.24. The van der Waals surface area contributed by atoms with Crippen LogP contribution in [0.2, 0.25) is 0 Å². The van der Waals surface area contributed by atoms with Crippen LogP contribution in [-0.4, -0.2) is 26.0 Å². The Morgan fingerprint density at radius 3 is 2.43 bits per heavy atom. The lowest BCUT2D eigenvalue weighted by molar-refractivity contribution is 0.0973. The number of amides is 1. The first-order valence-corrected chi connectivity index (χ1v) is 11.0. The monoisotopic (exact) mass is 485 g/mol. The van der Waals surface area contributed by atoms with Gasteiger partial charge in [0, 0.05) is 10.2 Å². The molecule has 0 radical (unpaired) electrons. The van der Waals surface area contributed by atoms with E-state index in [0.717, 1.165) is 4.47 Å². The molecule has 150 valence electrons. The molecule has 10 heteroatoms. The van der Waals surface area contributed by atoms with Gasteiger partial charge in [0.15, 0.2) is 5.11 Å². The molecule has 0 saturated carbocycles. The number of primary sulfonamides is 1. The van der Waals surface area contributed by atoms with Crippen molar-refractivity contribution in [1.29, 1.82) is 0 Å². The molecule has 0 heterocycles. The molecule has 2 aromatic rings. The average Bonchev–Trinajstić information content (AvgIpc) is 2.60. The molecule has 0 unspecified atom stereocenters. The molecule has 2 rings (SSSR count). The third-order valence-electron chi connectivity index (χ3n) is 3.43. The van der Waals surface area contributed by atoms with Crippen LogP contribution < -0.4 is 20.5 Å². The van der Waals surface area contributed by atoms with Crippen molar-refractivity contribution in [3.8, 4) is 5.75 Å². The van der Waals surface area contributed by atoms with Crippen LogP contribution >= 0.6 is 28.1 Å². The van der Waals surface area contributed by atoms with Gasteiger partial charge >= 0.3 is 0 Å². The summed E-state index contributed by atoms with van der Waals surface area (Å²) in [7, 11) is -3.77. The second-order valence-corrected chi connectivity index (χ2v) is 9.21. The standard InChI is InChI=1S/C18H20BrN3O4S2/c1-11(2)10-26-16-8-3-12(19)9-15(16)17(23)22-18(27)21-13-4-6-14(7-5-13)28(20,24)25/h3-9,11H,10H2,1-2H3,(H2,20,24,25)(H2,21,22,23,27). The van der Waals surface area contributed by atoms with E-state index in [0.29, 0.717) is 29.5 Å². The third-order valence-corrected chi connectivity index (χ3v) is 5.05. The quantitative estimate of drug-likeness (QED) is 0.541. The van der Waals surface area contributed by atoms with Crippen LogP contribution in [0, 0.1) is 5.92 Å². The van der Waals surface area contributed by atoms with E-state index >= 15 is 0 Å². The van der Waals surface area contributed by atoms with Crippen LogP contribution in [-0.2, 0) is 10.0 Å². The Kier molecular flexibility index (Phi) is 7.53. The molecule has 4 N–H and O–H groups in total. The van der Waals surface area contributed by atoms with Crippen LogP contribution in [0.1, 0.15) is 24.2 Å². The fourth-order valence-electron chi connectivity index (χ4n) is 2.12. The highest BCUT2D eigenvalue weighted by atomic mass is 79.9. The Bertz CT molecular complexity index is 977. The maximum atomic E-state index is 12.6. The number of halogens is 1. The summed E-state index contributed by atoms with van der Waals surface area (Å²) < 4.78 is 29.0. The summed E-state index contributed by atoms with van der Waals surface area (Å²) in [5, 5.41) is 10.5. The lowest BCUT2D eigenvalue weighted by atomic mass is 10.2. The van der Waals surface area contributed by atoms with Crippen LogP contribution in [0.25, 0.3) is 0 Å². The minimum Gasteiger partial charge on any atom is -0.492 e. The van der Waals surface area contributed by atoms with Gasteiger partial charge in [-0.05, 0) is 60.6 Å². The predicted molar refractivity (Wildman–Crippen MR) is 116 cm³/mol. The van der Waals surface area contributed by atoms with E-state index in [9.17, 15) is 13.2 Å². The molecule has 0 fully saturated rings. The number of thiocarbonyl (C=S) groups is 1. The molecule has 0 bridgehead atoms. The molecule has 7 nitrogen and oxygen atoms in total. The third kappa shape index (κ3) is 6.55. The summed E-state index contributed by atoms with van der Waals surface area (Å²) in [6, 6.07) is 10.8. The number of hydrogen-bond donors (Lipinski definition) is 3. The van der Waals surface area contributed by atoms with Crippen molar-refractivity contribution < 1.29 is 17.9 Å². The minimum atomic E-state index is -3.77. The van der Waals surface area contributed by atoms with E-state index in [2.05, 4.69) is 26.6 Å². The summed E-state index contributed by atoms with van der Waals surface area (Å²) in [6.45, 7) is 4.50. The summed E-state index contributed by atoms with van der Waals surface area (Å²) in [4.78, 5) is 12.6. The number of ether oxygens (including phenoxy) is 1. The number of sulfonamides is 1. The molecule has 1 amide bonds. The summed E-state index contributed by atoms with van der Waals surface area (Å²) in [5.74, 6) is 0.330. The molecular formula is C18H20BrN3O4S2. The van der Waals surface area contributed by atoms with Crippen molar-refractivity contribution in [2.24, 2.45) is 11.1 Å². The first kappa shape index (κ1) is 22.3. The smallest absolute Gasteiger partial charge is 0.261 e. The normalized spacial score (nSPS) is 11.2.